The summed E-state index contributed by atoms with van der Waals surface area (Å²) < 4.78 is 35.3. The second-order valence-electron chi connectivity index (χ2n) is 10.3. The van der Waals surface area contributed by atoms with Crippen molar-refractivity contribution in [1.82, 2.24) is 31.0 Å². The highest BCUT2D eigenvalue weighted by Gasteiger charge is 2.49. The summed E-state index contributed by atoms with van der Waals surface area (Å²) in [4.78, 5) is 34.3. The Balaban J connectivity index is 1.15. The zero-order valence-electron chi connectivity index (χ0n) is 20.5. The molecule has 0 spiro atoms. The summed E-state index contributed by atoms with van der Waals surface area (Å²) >= 11 is 0. The third kappa shape index (κ3) is 6.83. The smallest absolute Gasteiger partial charge is 0.395 e. The van der Waals surface area contributed by atoms with Gasteiger partial charge >= 0.3 is 16.4 Å². The maximum Gasteiger partial charge on any atom is 0.418 e. The average Bonchev–Trinajstić information content (AvgIpc) is 3.41. The Morgan fingerprint density at radius 3 is 2.67 bits per heavy atom. The van der Waals surface area contributed by atoms with E-state index < -0.39 is 34.4 Å². The number of aliphatic hydroxyl groups is 1. The van der Waals surface area contributed by atoms with E-state index in [2.05, 4.69) is 25.3 Å². The zero-order chi connectivity index (χ0) is 25.9. The van der Waals surface area contributed by atoms with E-state index in [0.29, 0.717) is 36.5 Å². The predicted octanol–water partition coefficient (Wildman–Crippen LogP) is -1.55. The minimum Gasteiger partial charge on any atom is -0.395 e. The molecule has 4 heterocycles. The van der Waals surface area contributed by atoms with Crippen molar-refractivity contribution >= 4 is 22.3 Å². The van der Waals surface area contributed by atoms with Gasteiger partial charge in [-0.3, -0.25) is 19.1 Å². The predicted molar refractivity (Wildman–Crippen MR) is 127 cm³/mol. The van der Waals surface area contributed by atoms with E-state index >= 15 is 0 Å². The minimum absolute atomic E-state index is 0.0999. The number of carbonyl (C=O) groups is 2. The van der Waals surface area contributed by atoms with Crippen LogP contribution in [0.4, 0.5) is 4.79 Å². The Bertz CT molecular complexity index is 886. The summed E-state index contributed by atoms with van der Waals surface area (Å²) in [6.45, 7) is 6.44. The second-order valence-corrected chi connectivity index (χ2v) is 11.3. The van der Waals surface area contributed by atoms with Crippen LogP contribution in [0.1, 0.15) is 39.0 Å². The van der Waals surface area contributed by atoms with Crippen LogP contribution in [0.5, 0.6) is 0 Å². The van der Waals surface area contributed by atoms with Crippen LogP contribution in [-0.2, 0) is 24.3 Å². The lowest BCUT2D eigenvalue weighted by atomic mass is 9.95. The van der Waals surface area contributed by atoms with Crippen molar-refractivity contribution in [3.63, 3.8) is 0 Å². The largest absolute Gasteiger partial charge is 0.418 e. The molecule has 5 N–H and O–H groups in total. The third-order valence-corrected chi connectivity index (χ3v) is 8.00. The van der Waals surface area contributed by atoms with Crippen molar-refractivity contribution < 1.29 is 36.8 Å². The first-order chi connectivity index (χ1) is 17.1. The number of rotatable bonds is 11. The Morgan fingerprint density at radius 2 is 1.97 bits per heavy atom. The van der Waals surface area contributed by atoms with Crippen molar-refractivity contribution in [2.75, 3.05) is 45.9 Å². The van der Waals surface area contributed by atoms with Gasteiger partial charge < -0.3 is 20.6 Å². The van der Waals surface area contributed by atoms with Crippen molar-refractivity contribution in [2.24, 2.45) is 5.92 Å². The fraction of sp³-hybridized carbons (Fsp3) is 0.905. The number of urea groups is 1. The Kier molecular flexibility index (Phi) is 9.04. The summed E-state index contributed by atoms with van der Waals surface area (Å²) in [5.74, 6) is 0.152. The number of nitrogens with one attached hydrogen (secondary N) is 3. The molecule has 36 heavy (non-hydrogen) atoms. The van der Waals surface area contributed by atoms with Crippen molar-refractivity contribution in [2.45, 2.75) is 69.2 Å². The van der Waals surface area contributed by atoms with Crippen LogP contribution in [0.3, 0.4) is 0 Å². The summed E-state index contributed by atoms with van der Waals surface area (Å²) in [7, 11) is -4.83. The highest BCUT2D eigenvalue weighted by molar-refractivity contribution is 7.80. The van der Waals surface area contributed by atoms with E-state index in [9.17, 15) is 18.0 Å². The van der Waals surface area contributed by atoms with Crippen LogP contribution < -0.4 is 16.1 Å². The first kappa shape index (κ1) is 27.4. The number of aliphatic hydroxyl groups excluding tert-OH is 1. The van der Waals surface area contributed by atoms with Gasteiger partial charge in [0.2, 0.25) is 0 Å². The molecule has 2 unspecified atom stereocenters. The molecule has 5 atom stereocenters. The van der Waals surface area contributed by atoms with Crippen LogP contribution in [0, 0.1) is 5.92 Å². The van der Waals surface area contributed by atoms with Gasteiger partial charge in [-0.2, -0.15) is 13.5 Å². The quantitative estimate of drug-likeness (QED) is 0.153. The SMILES string of the molecule is C[C@@H](CO)NCC1CCN([C@@H]2CN[C@@H](CONC(=O)C3CCC4CN3C(=O)N4OS(=O)(=O)O)C2)CC1. The molecular weight excluding hydrogens is 496 g/mol. The highest BCUT2D eigenvalue weighted by atomic mass is 32.3. The fourth-order valence-electron chi connectivity index (χ4n) is 5.54. The number of carbonyl (C=O) groups excluding carboxylic acids is 2. The monoisotopic (exact) mass is 534 g/mol. The normalized spacial score (nSPS) is 30.7. The summed E-state index contributed by atoms with van der Waals surface area (Å²) in [5, 5.41) is 16.6. The van der Waals surface area contributed by atoms with E-state index in [0.717, 1.165) is 45.4 Å². The van der Waals surface area contributed by atoms with E-state index in [1.54, 1.807) is 0 Å². The van der Waals surface area contributed by atoms with Gasteiger partial charge in [-0.1, -0.05) is 0 Å². The maximum atomic E-state index is 12.6. The summed E-state index contributed by atoms with van der Waals surface area (Å²) in [6, 6.07) is -1.48. The van der Waals surface area contributed by atoms with E-state index in [-0.39, 0.29) is 25.2 Å². The molecule has 0 saturated carbocycles. The number of fused-ring (bicyclic) bond motifs is 2. The molecule has 14 nitrogen and oxygen atoms in total. The molecule has 4 fully saturated rings. The third-order valence-electron chi connectivity index (χ3n) is 7.65. The van der Waals surface area contributed by atoms with Gasteiger partial charge in [-0.15, -0.1) is 4.28 Å². The molecule has 4 rings (SSSR count). The molecule has 2 bridgehead atoms. The molecule has 15 heteroatoms. The van der Waals surface area contributed by atoms with Crippen LogP contribution in [0.25, 0.3) is 0 Å². The van der Waals surface area contributed by atoms with Crippen molar-refractivity contribution in [1.29, 1.82) is 0 Å². The zero-order valence-corrected chi connectivity index (χ0v) is 21.4. The first-order valence-electron chi connectivity index (χ1n) is 12.6. The minimum atomic E-state index is -4.83. The van der Waals surface area contributed by atoms with Crippen LogP contribution >= 0.6 is 0 Å². The molecule has 0 aliphatic carbocycles. The molecule has 206 valence electrons. The van der Waals surface area contributed by atoms with Gasteiger partial charge in [0.05, 0.1) is 19.3 Å². The van der Waals surface area contributed by atoms with Crippen molar-refractivity contribution in [3.8, 4) is 0 Å². The Morgan fingerprint density at radius 1 is 1.22 bits per heavy atom. The van der Waals surface area contributed by atoms with Gasteiger partial charge in [0.15, 0.2) is 0 Å². The number of piperidine rings is 2. The topological polar surface area (TPSA) is 173 Å². The highest BCUT2D eigenvalue weighted by Crippen LogP contribution is 2.30. The van der Waals surface area contributed by atoms with E-state index in [1.165, 1.54) is 4.90 Å². The molecule has 4 aliphatic heterocycles. The molecule has 0 radical (unpaired) electrons. The molecule has 0 aromatic heterocycles. The molecular formula is C21H38N6O8S. The standard InChI is InChI=1S/C21H38N6O8S/c1-14(12-28)22-9-15-4-6-25(7-5-15)18-8-16(23-10-18)13-34-24-20(29)19-3-2-17-11-26(19)21(30)27(17)35-36(31,32)33/h14-19,22-23,28H,2-13H2,1H3,(H,24,29)(H,31,32,33)/t14-,16+,17?,18-,19?/m0/s1. The lowest BCUT2D eigenvalue weighted by Crippen LogP contribution is -2.50. The molecule has 3 amide bonds. The van der Waals surface area contributed by atoms with Crippen LogP contribution in [-0.4, -0.2) is 121 Å². The number of hydrogen-bond acceptors (Lipinski definition) is 10. The maximum absolute atomic E-state index is 12.6. The number of hydrogen-bond donors (Lipinski definition) is 5. The van der Waals surface area contributed by atoms with Crippen molar-refractivity contribution in [3.05, 3.63) is 0 Å². The van der Waals surface area contributed by atoms with Gasteiger partial charge in [0.1, 0.15) is 6.04 Å². The number of hydroxylamine groups is 3. The second kappa shape index (κ2) is 11.9. The van der Waals surface area contributed by atoms with Gasteiger partial charge in [-0.25, -0.2) is 10.3 Å². The fourth-order valence-corrected chi connectivity index (χ4v) is 5.93. The lowest BCUT2D eigenvalue weighted by Gasteiger charge is -2.36. The van der Waals surface area contributed by atoms with Gasteiger partial charge in [0.25, 0.3) is 5.91 Å². The Hall–Kier alpha value is -1.59. The van der Waals surface area contributed by atoms with Crippen LogP contribution in [0.2, 0.25) is 0 Å². The molecule has 0 aromatic carbocycles. The number of likely N-dealkylation sites (tertiary alicyclic amines) is 1. The molecule has 0 aromatic rings. The van der Waals surface area contributed by atoms with E-state index in [1.807, 2.05) is 6.92 Å². The Labute approximate surface area is 211 Å². The van der Waals surface area contributed by atoms with E-state index in [4.69, 9.17) is 14.5 Å². The lowest BCUT2D eigenvalue weighted by molar-refractivity contribution is -0.139. The molecule has 4 saturated heterocycles. The number of amides is 3. The van der Waals surface area contributed by atoms with Gasteiger partial charge in [-0.05, 0) is 64.6 Å². The first-order valence-corrected chi connectivity index (χ1v) is 14.0. The van der Waals surface area contributed by atoms with Gasteiger partial charge in [0, 0.05) is 31.2 Å². The number of nitrogens with zero attached hydrogens (tertiary/aromatic N) is 3. The average molecular weight is 535 g/mol. The summed E-state index contributed by atoms with van der Waals surface area (Å²) in [5.41, 5.74) is 2.44. The summed E-state index contributed by atoms with van der Waals surface area (Å²) in [6.07, 6.45) is 3.85. The molecule has 4 aliphatic rings. The van der Waals surface area contributed by atoms with Crippen LogP contribution in [0.15, 0.2) is 0 Å².